The number of aromatic nitrogens is 2. The first-order chi connectivity index (χ1) is 15.8. The highest BCUT2D eigenvalue weighted by Gasteiger charge is 2.34. The monoisotopic (exact) mass is 492 g/mol. The zero-order valence-electron chi connectivity index (χ0n) is 18.4. The van der Waals surface area contributed by atoms with Gasteiger partial charge in [-0.2, -0.15) is 9.29 Å². The molecule has 0 bridgehead atoms. The van der Waals surface area contributed by atoms with Gasteiger partial charge in [0.25, 0.3) is 0 Å². The lowest BCUT2D eigenvalue weighted by Crippen LogP contribution is -2.42. The molecule has 0 atom stereocenters. The summed E-state index contributed by atoms with van der Waals surface area (Å²) in [6, 6.07) is 7.55. The topological polar surface area (TPSA) is 105 Å². The van der Waals surface area contributed by atoms with Gasteiger partial charge in [-0.25, -0.2) is 12.8 Å². The highest BCUT2D eigenvalue weighted by molar-refractivity contribution is 7.89. The molecule has 1 amide bonds. The van der Waals surface area contributed by atoms with Crippen LogP contribution in [0.3, 0.4) is 0 Å². The lowest BCUT2D eigenvalue weighted by atomic mass is 9.97. The van der Waals surface area contributed by atoms with Crippen LogP contribution < -0.4 is 5.32 Å². The predicted octanol–water partition coefficient (Wildman–Crippen LogP) is 3.53. The van der Waals surface area contributed by atoms with Gasteiger partial charge in [-0.3, -0.25) is 4.79 Å². The number of benzene rings is 1. The predicted molar refractivity (Wildman–Crippen MR) is 121 cm³/mol. The zero-order chi connectivity index (χ0) is 23.6. The highest BCUT2D eigenvalue weighted by Crippen LogP contribution is 2.35. The van der Waals surface area contributed by atoms with Crippen LogP contribution in [0.25, 0.3) is 10.7 Å². The number of amides is 1. The Morgan fingerprint density at radius 2 is 1.97 bits per heavy atom. The second-order valence-corrected chi connectivity index (χ2v) is 11.1. The van der Waals surface area contributed by atoms with Crippen LogP contribution in [0, 0.1) is 18.7 Å². The summed E-state index contributed by atoms with van der Waals surface area (Å²) in [7, 11) is -3.70. The quantitative estimate of drug-likeness (QED) is 0.541. The van der Waals surface area contributed by atoms with E-state index in [1.807, 2.05) is 6.92 Å². The minimum absolute atomic E-state index is 0.116. The minimum atomic E-state index is -3.70. The van der Waals surface area contributed by atoms with Crippen molar-refractivity contribution >= 4 is 27.3 Å². The van der Waals surface area contributed by atoms with Gasteiger partial charge in [0, 0.05) is 36.9 Å². The van der Waals surface area contributed by atoms with Crippen LogP contribution in [0.4, 0.5) is 4.39 Å². The maximum Gasteiger partial charge on any atom is 0.244 e. The van der Waals surface area contributed by atoms with Crippen molar-refractivity contribution in [1.29, 1.82) is 0 Å². The lowest BCUT2D eigenvalue weighted by Gasteiger charge is -2.30. The van der Waals surface area contributed by atoms with Crippen LogP contribution in [0.1, 0.15) is 36.1 Å². The van der Waals surface area contributed by atoms with Crippen molar-refractivity contribution in [3.8, 4) is 10.7 Å². The molecule has 176 valence electrons. The molecule has 33 heavy (non-hydrogen) atoms. The number of piperidine rings is 1. The maximum absolute atomic E-state index is 13.3. The number of hydrogen-bond donors (Lipinski definition) is 1. The van der Waals surface area contributed by atoms with Crippen molar-refractivity contribution in [2.45, 2.75) is 44.6 Å². The number of nitrogens with zero attached hydrogens (tertiary/aromatic N) is 3. The highest BCUT2D eigenvalue weighted by atomic mass is 32.2. The minimum Gasteiger partial charge on any atom is -0.352 e. The van der Waals surface area contributed by atoms with Gasteiger partial charge in [0.15, 0.2) is 0 Å². The van der Waals surface area contributed by atoms with E-state index in [-0.39, 0.29) is 35.6 Å². The Labute approximate surface area is 195 Å². The average Bonchev–Trinajstić information content (AvgIpc) is 3.45. The van der Waals surface area contributed by atoms with E-state index in [4.69, 9.17) is 4.52 Å². The van der Waals surface area contributed by atoms with Crippen LogP contribution in [0.2, 0.25) is 0 Å². The number of aryl methyl sites for hydroxylation is 2. The van der Waals surface area contributed by atoms with E-state index < -0.39 is 10.0 Å². The Morgan fingerprint density at radius 1 is 1.27 bits per heavy atom. The van der Waals surface area contributed by atoms with Gasteiger partial charge in [0.2, 0.25) is 27.6 Å². The molecule has 4 rings (SSSR count). The molecule has 8 nitrogen and oxygen atoms in total. The van der Waals surface area contributed by atoms with E-state index in [1.54, 1.807) is 25.1 Å². The van der Waals surface area contributed by atoms with Gasteiger partial charge in [-0.05, 0) is 43.5 Å². The molecule has 1 N–H and O–H groups in total. The third kappa shape index (κ3) is 5.15. The number of nitrogens with one attached hydrogen (secondary N) is 1. The molecule has 1 aliphatic heterocycles. The summed E-state index contributed by atoms with van der Waals surface area (Å²) in [6.07, 6.45) is 1.49. The summed E-state index contributed by atoms with van der Waals surface area (Å²) < 4.78 is 46.1. The average molecular weight is 493 g/mol. The molecule has 1 aliphatic rings. The molecule has 3 heterocycles. The molecule has 1 aromatic carbocycles. The van der Waals surface area contributed by atoms with Crippen molar-refractivity contribution in [2.75, 3.05) is 13.1 Å². The Morgan fingerprint density at radius 3 is 2.61 bits per heavy atom. The molecule has 0 unspecified atom stereocenters. The van der Waals surface area contributed by atoms with Crippen LogP contribution in [0.15, 0.2) is 39.8 Å². The number of thiophene rings is 1. The van der Waals surface area contributed by atoms with Crippen molar-refractivity contribution in [3.63, 3.8) is 0 Å². The SMILES string of the molecule is CCc1nc(-c2cc(S(=O)(=O)N3CCC(C(=O)NCc4ccc(F)cc4)CC3)c(C)s2)no1. The van der Waals surface area contributed by atoms with E-state index in [0.29, 0.717) is 47.3 Å². The van der Waals surface area contributed by atoms with Crippen LogP contribution in [0.5, 0.6) is 0 Å². The summed E-state index contributed by atoms with van der Waals surface area (Å²) in [4.78, 5) is 18.4. The van der Waals surface area contributed by atoms with Gasteiger partial charge < -0.3 is 9.84 Å². The fourth-order valence-electron chi connectivity index (χ4n) is 3.76. The Hall–Kier alpha value is -2.63. The van der Waals surface area contributed by atoms with E-state index in [2.05, 4.69) is 15.5 Å². The Bertz CT molecular complexity index is 1230. The van der Waals surface area contributed by atoms with Crippen molar-refractivity contribution in [1.82, 2.24) is 19.8 Å². The molecule has 0 saturated carbocycles. The van der Waals surface area contributed by atoms with Gasteiger partial charge in [-0.1, -0.05) is 24.2 Å². The third-order valence-corrected chi connectivity index (χ3v) is 8.89. The van der Waals surface area contributed by atoms with E-state index in [1.165, 1.54) is 27.8 Å². The van der Waals surface area contributed by atoms with Crippen molar-refractivity contribution in [2.24, 2.45) is 5.92 Å². The van der Waals surface area contributed by atoms with Gasteiger partial charge >= 0.3 is 0 Å². The Balaban J connectivity index is 1.37. The molecule has 2 aromatic heterocycles. The number of halogens is 1. The largest absolute Gasteiger partial charge is 0.352 e. The van der Waals surface area contributed by atoms with Crippen molar-refractivity contribution < 1.29 is 22.1 Å². The van der Waals surface area contributed by atoms with E-state index >= 15 is 0 Å². The lowest BCUT2D eigenvalue weighted by molar-refractivity contribution is -0.126. The number of carbonyl (C=O) groups excluding carboxylic acids is 1. The smallest absolute Gasteiger partial charge is 0.244 e. The molecular weight excluding hydrogens is 467 g/mol. The van der Waals surface area contributed by atoms with E-state index in [0.717, 1.165) is 5.56 Å². The second kappa shape index (κ2) is 9.70. The van der Waals surface area contributed by atoms with Crippen LogP contribution in [-0.4, -0.2) is 41.9 Å². The summed E-state index contributed by atoms with van der Waals surface area (Å²) in [5.74, 6) is 0.185. The summed E-state index contributed by atoms with van der Waals surface area (Å²) >= 11 is 1.31. The molecule has 0 spiro atoms. The number of rotatable bonds is 7. The number of carbonyl (C=O) groups is 1. The normalized spacial score (nSPS) is 15.6. The maximum atomic E-state index is 13.3. The molecule has 0 radical (unpaired) electrons. The fraction of sp³-hybridized carbons (Fsp3) is 0.409. The van der Waals surface area contributed by atoms with Crippen LogP contribution >= 0.6 is 11.3 Å². The molecule has 3 aromatic rings. The molecule has 0 aliphatic carbocycles. The van der Waals surface area contributed by atoms with Gasteiger partial charge in [0.1, 0.15) is 5.82 Å². The van der Waals surface area contributed by atoms with Crippen LogP contribution in [-0.2, 0) is 27.8 Å². The first-order valence-electron chi connectivity index (χ1n) is 10.7. The first kappa shape index (κ1) is 23.5. The van der Waals surface area contributed by atoms with Gasteiger partial charge in [-0.15, -0.1) is 11.3 Å². The summed E-state index contributed by atoms with van der Waals surface area (Å²) in [6.45, 7) is 4.51. The molecule has 11 heteroatoms. The van der Waals surface area contributed by atoms with E-state index in [9.17, 15) is 17.6 Å². The number of hydrogen-bond acceptors (Lipinski definition) is 7. The second-order valence-electron chi connectivity index (χ2n) is 7.92. The zero-order valence-corrected chi connectivity index (χ0v) is 20.0. The van der Waals surface area contributed by atoms with Crippen molar-refractivity contribution in [3.05, 3.63) is 52.5 Å². The fourth-order valence-corrected chi connectivity index (χ4v) is 6.72. The molecule has 1 saturated heterocycles. The summed E-state index contributed by atoms with van der Waals surface area (Å²) in [5, 5.41) is 6.79. The molecular formula is C22H25FN4O4S2. The number of sulfonamides is 1. The summed E-state index contributed by atoms with van der Waals surface area (Å²) in [5.41, 5.74) is 0.807. The third-order valence-electron chi connectivity index (χ3n) is 5.69. The molecule has 1 fully saturated rings. The first-order valence-corrected chi connectivity index (χ1v) is 13.0. The van der Waals surface area contributed by atoms with Gasteiger partial charge in [0.05, 0.1) is 9.77 Å². The Kier molecular flexibility index (Phi) is 6.91. The standard InChI is InChI=1S/C22H25FN4O4S2/c1-3-20-25-21(26-31-20)18-12-19(14(2)32-18)33(29,30)27-10-8-16(9-11-27)22(28)24-13-15-4-6-17(23)7-5-15/h4-7,12,16H,3,8-11,13H2,1-2H3,(H,24,28).